The van der Waals surface area contributed by atoms with Crippen molar-refractivity contribution in [2.24, 2.45) is 4.99 Å². The highest BCUT2D eigenvalue weighted by Gasteiger charge is 2.47. The lowest BCUT2D eigenvalue weighted by Crippen LogP contribution is -2.42. The maximum absolute atomic E-state index is 13.7. The van der Waals surface area contributed by atoms with Crippen molar-refractivity contribution >= 4 is 11.9 Å². The molecule has 0 saturated heterocycles. The Bertz CT molecular complexity index is 1160. The largest absolute Gasteiger partial charge is 0.334 e. The number of carbonyl (C=O) groups excluding carboxylic acids is 1. The summed E-state index contributed by atoms with van der Waals surface area (Å²) in [6, 6.07) is 40.1. The summed E-state index contributed by atoms with van der Waals surface area (Å²) in [6.45, 7) is 1.27. The van der Waals surface area contributed by atoms with E-state index in [1.807, 2.05) is 97.1 Å². The Labute approximate surface area is 194 Å². The number of hydrogen-bond acceptors (Lipinski definition) is 3. The van der Waals surface area contributed by atoms with Crippen molar-refractivity contribution in [3.63, 3.8) is 0 Å². The summed E-state index contributed by atoms with van der Waals surface area (Å²) in [5.41, 5.74) is 2.89. The minimum atomic E-state index is -1.12. The zero-order valence-electron chi connectivity index (χ0n) is 18.3. The van der Waals surface area contributed by atoms with Gasteiger partial charge in [0.15, 0.2) is 5.54 Å². The number of rotatable bonds is 6. The number of aliphatic imine (C=N–C) groups is 1. The molecule has 5 rings (SSSR count). The van der Waals surface area contributed by atoms with Gasteiger partial charge in [0.05, 0.1) is 0 Å². The fraction of sp³-hybridized carbons (Fsp3) is 0.103. The Morgan fingerprint density at radius 3 is 1.42 bits per heavy atom. The highest BCUT2D eigenvalue weighted by Crippen LogP contribution is 2.37. The molecular weight excluding hydrogens is 406 g/mol. The molecule has 0 radical (unpaired) electrons. The molecule has 0 fully saturated rings. The van der Waals surface area contributed by atoms with Crippen LogP contribution in [0.15, 0.2) is 126 Å². The van der Waals surface area contributed by atoms with E-state index in [9.17, 15) is 4.79 Å². The van der Waals surface area contributed by atoms with E-state index in [4.69, 9.17) is 4.99 Å². The third-order valence-corrected chi connectivity index (χ3v) is 5.94. The van der Waals surface area contributed by atoms with E-state index in [0.29, 0.717) is 19.0 Å². The Balaban J connectivity index is 1.60. The molecule has 0 saturated carbocycles. The van der Waals surface area contributed by atoms with Gasteiger partial charge in [0.2, 0.25) is 5.96 Å². The van der Waals surface area contributed by atoms with Crippen LogP contribution < -0.4 is 5.32 Å². The molecule has 0 atom stereocenters. The number of benzene rings is 4. The van der Waals surface area contributed by atoms with Crippen LogP contribution >= 0.6 is 0 Å². The lowest BCUT2D eigenvalue weighted by molar-refractivity contribution is -0.122. The van der Waals surface area contributed by atoms with Crippen molar-refractivity contribution in [3.8, 4) is 0 Å². The molecule has 0 aromatic heterocycles. The number of carbonyl (C=O) groups is 1. The van der Waals surface area contributed by atoms with Crippen LogP contribution in [0.3, 0.4) is 0 Å². The average molecular weight is 432 g/mol. The summed E-state index contributed by atoms with van der Waals surface area (Å²) in [6.07, 6.45) is 0. The second kappa shape index (κ2) is 9.13. The number of guanidine groups is 1. The molecule has 1 aliphatic rings. The maximum atomic E-state index is 13.7. The Kier molecular flexibility index (Phi) is 5.73. The molecule has 1 heterocycles. The molecule has 0 bridgehead atoms. The van der Waals surface area contributed by atoms with Crippen molar-refractivity contribution < 1.29 is 4.79 Å². The van der Waals surface area contributed by atoms with Gasteiger partial charge in [-0.1, -0.05) is 121 Å². The van der Waals surface area contributed by atoms with Crippen LogP contribution in [0.25, 0.3) is 0 Å². The molecular formula is C29H25N3O. The normalized spacial score (nSPS) is 14.4. The van der Waals surface area contributed by atoms with Crippen molar-refractivity contribution in [2.75, 3.05) is 0 Å². The molecule has 1 N–H and O–H groups in total. The quantitative estimate of drug-likeness (QED) is 0.461. The van der Waals surface area contributed by atoms with Gasteiger partial charge in [0, 0.05) is 13.1 Å². The van der Waals surface area contributed by atoms with E-state index in [1.165, 1.54) is 0 Å². The van der Waals surface area contributed by atoms with Crippen LogP contribution in [-0.2, 0) is 23.4 Å². The van der Waals surface area contributed by atoms with Crippen molar-refractivity contribution in [3.05, 3.63) is 144 Å². The third kappa shape index (κ3) is 4.15. The first kappa shape index (κ1) is 20.7. The molecule has 4 heteroatoms. The second-order valence-electron chi connectivity index (χ2n) is 8.16. The number of nitrogens with zero attached hydrogens (tertiary/aromatic N) is 2. The van der Waals surface area contributed by atoms with Gasteiger partial charge in [-0.05, 0) is 22.3 Å². The van der Waals surface area contributed by atoms with Crippen LogP contribution in [0.4, 0.5) is 0 Å². The molecule has 4 aromatic carbocycles. The number of nitrogens with one attached hydrogen (secondary N) is 1. The first-order chi connectivity index (χ1) is 16.3. The molecule has 162 valence electrons. The number of hydrogen-bond donors (Lipinski definition) is 1. The van der Waals surface area contributed by atoms with Gasteiger partial charge in [0.25, 0.3) is 5.91 Å². The average Bonchev–Trinajstić information content (AvgIpc) is 3.24. The molecule has 1 amide bonds. The van der Waals surface area contributed by atoms with Gasteiger partial charge < -0.3 is 4.90 Å². The minimum Gasteiger partial charge on any atom is -0.334 e. The smallest absolute Gasteiger partial charge is 0.264 e. The van der Waals surface area contributed by atoms with Gasteiger partial charge in [0.1, 0.15) is 0 Å². The molecule has 4 aromatic rings. The zero-order chi connectivity index (χ0) is 22.5. The van der Waals surface area contributed by atoms with Crippen LogP contribution in [-0.4, -0.2) is 16.8 Å². The van der Waals surface area contributed by atoms with Gasteiger partial charge in [-0.2, -0.15) is 0 Å². The van der Waals surface area contributed by atoms with Gasteiger partial charge in [-0.3, -0.25) is 10.1 Å². The van der Waals surface area contributed by atoms with Crippen LogP contribution in [0, 0.1) is 0 Å². The predicted octanol–water partition coefficient (Wildman–Crippen LogP) is 5.12. The van der Waals surface area contributed by atoms with E-state index >= 15 is 0 Å². The third-order valence-electron chi connectivity index (χ3n) is 5.94. The first-order valence-corrected chi connectivity index (χ1v) is 11.1. The van der Waals surface area contributed by atoms with E-state index in [2.05, 4.69) is 34.5 Å². The molecule has 4 nitrogen and oxygen atoms in total. The summed E-state index contributed by atoms with van der Waals surface area (Å²) in [4.78, 5) is 20.9. The first-order valence-electron chi connectivity index (χ1n) is 11.1. The Hall–Kier alpha value is -4.18. The Morgan fingerprint density at radius 1 is 0.606 bits per heavy atom. The van der Waals surface area contributed by atoms with E-state index in [1.54, 1.807) is 0 Å². The van der Waals surface area contributed by atoms with Gasteiger partial charge >= 0.3 is 0 Å². The van der Waals surface area contributed by atoms with Crippen LogP contribution in [0.2, 0.25) is 0 Å². The maximum Gasteiger partial charge on any atom is 0.264 e. The summed E-state index contributed by atoms with van der Waals surface area (Å²) in [5, 5.41) is 3.12. The predicted molar refractivity (Wildman–Crippen MR) is 131 cm³/mol. The molecule has 1 aliphatic heterocycles. The fourth-order valence-corrected chi connectivity index (χ4v) is 4.31. The summed E-state index contributed by atoms with van der Waals surface area (Å²) < 4.78 is 0. The zero-order valence-corrected chi connectivity index (χ0v) is 18.3. The standard InChI is InChI=1S/C29H25N3O/c33-27-29(25-17-9-3-10-18-25,26-19-11-4-12-20-26)31-28(30-27)32(21-23-13-5-1-6-14-23)22-24-15-7-2-8-16-24/h1-20H,21-22H2,(H,30,31,33). The van der Waals surface area contributed by atoms with Crippen LogP contribution in [0.5, 0.6) is 0 Å². The fourth-order valence-electron chi connectivity index (χ4n) is 4.31. The molecule has 0 aliphatic carbocycles. The highest BCUT2D eigenvalue weighted by molar-refractivity contribution is 6.09. The molecule has 0 spiro atoms. The van der Waals surface area contributed by atoms with Crippen LogP contribution in [0.1, 0.15) is 22.3 Å². The van der Waals surface area contributed by atoms with Crippen molar-refractivity contribution in [1.29, 1.82) is 0 Å². The van der Waals surface area contributed by atoms with Crippen molar-refractivity contribution in [2.45, 2.75) is 18.6 Å². The minimum absolute atomic E-state index is 0.138. The second-order valence-corrected chi connectivity index (χ2v) is 8.16. The Morgan fingerprint density at radius 2 is 1.00 bits per heavy atom. The topological polar surface area (TPSA) is 44.7 Å². The highest BCUT2D eigenvalue weighted by atomic mass is 16.2. The lowest BCUT2D eigenvalue weighted by Gasteiger charge is -2.25. The van der Waals surface area contributed by atoms with E-state index < -0.39 is 5.54 Å². The summed E-state index contributed by atoms with van der Waals surface area (Å²) in [7, 11) is 0. The summed E-state index contributed by atoms with van der Waals surface area (Å²) in [5.74, 6) is 0.446. The SMILES string of the molecule is O=C1NC(N(Cc2ccccc2)Cc2ccccc2)=NC1(c1ccccc1)c1ccccc1. The van der Waals surface area contributed by atoms with E-state index in [-0.39, 0.29) is 5.91 Å². The van der Waals surface area contributed by atoms with E-state index in [0.717, 1.165) is 22.3 Å². The van der Waals surface area contributed by atoms with Gasteiger partial charge in [-0.25, -0.2) is 4.99 Å². The molecule has 0 unspecified atom stereocenters. The monoisotopic (exact) mass is 431 g/mol. The molecule has 33 heavy (non-hydrogen) atoms. The van der Waals surface area contributed by atoms with Gasteiger partial charge in [-0.15, -0.1) is 0 Å². The number of amides is 1. The summed E-state index contributed by atoms with van der Waals surface area (Å²) >= 11 is 0. The van der Waals surface area contributed by atoms with Crippen molar-refractivity contribution in [1.82, 2.24) is 10.2 Å². The lowest BCUT2D eigenvalue weighted by atomic mass is 9.83.